The van der Waals surface area contributed by atoms with Crippen LogP contribution in [0.5, 0.6) is 11.5 Å². The number of nitrogens with zero attached hydrogens (tertiary/aromatic N) is 3. The third kappa shape index (κ3) is 4.41. The van der Waals surface area contributed by atoms with Gasteiger partial charge in [0.15, 0.2) is 0 Å². The summed E-state index contributed by atoms with van der Waals surface area (Å²) in [4.78, 5) is 20.3. The fourth-order valence-electron chi connectivity index (χ4n) is 5.61. The first-order valence-corrected chi connectivity index (χ1v) is 12.0. The molecule has 2 atom stereocenters. The highest BCUT2D eigenvalue weighted by Gasteiger charge is 2.43. The smallest absolute Gasteiger partial charge is 0.242 e. The number of carbonyl (C=O) groups is 1. The van der Waals surface area contributed by atoms with Gasteiger partial charge < -0.3 is 19.6 Å². The van der Waals surface area contributed by atoms with Crippen molar-refractivity contribution in [2.24, 2.45) is 0 Å². The molecule has 1 saturated heterocycles. The average Bonchev–Trinajstić information content (AvgIpc) is 3.24. The maximum atomic E-state index is 13.7. The van der Waals surface area contributed by atoms with Gasteiger partial charge in [-0.2, -0.15) is 0 Å². The summed E-state index contributed by atoms with van der Waals surface area (Å²) in [6.45, 7) is 11.4. The number of aromatic hydroxyl groups is 1. The van der Waals surface area contributed by atoms with Crippen LogP contribution in [0.15, 0.2) is 42.5 Å². The van der Waals surface area contributed by atoms with Gasteiger partial charge in [0.1, 0.15) is 11.5 Å². The molecular formula is C27H37N3O3. The lowest BCUT2D eigenvalue weighted by atomic mass is 9.95. The monoisotopic (exact) mass is 451 g/mol. The summed E-state index contributed by atoms with van der Waals surface area (Å²) < 4.78 is 5.85. The van der Waals surface area contributed by atoms with Gasteiger partial charge in [0.2, 0.25) is 5.91 Å². The molecule has 4 rings (SSSR count). The molecule has 0 spiro atoms. The number of para-hydroxylation sites is 2. The van der Waals surface area contributed by atoms with Crippen molar-refractivity contribution in [2.45, 2.75) is 58.2 Å². The highest BCUT2D eigenvalue weighted by Crippen LogP contribution is 2.35. The van der Waals surface area contributed by atoms with Crippen molar-refractivity contribution in [3.63, 3.8) is 0 Å². The number of ether oxygens (including phenoxy) is 1. The second-order valence-corrected chi connectivity index (χ2v) is 9.84. The molecule has 1 aliphatic heterocycles. The number of carbonyl (C=O) groups excluding carboxylic acids is 1. The predicted octanol–water partition coefficient (Wildman–Crippen LogP) is 3.71. The number of benzene rings is 2. The van der Waals surface area contributed by atoms with E-state index in [2.05, 4.69) is 34.9 Å². The minimum Gasteiger partial charge on any atom is -0.508 e. The van der Waals surface area contributed by atoms with E-state index in [0.717, 1.165) is 48.6 Å². The summed E-state index contributed by atoms with van der Waals surface area (Å²) in [5, 5.41) is 10.2. The van der Waals surface area contributed by atoms with Gasteiger partial charge in [0, 0.05) is 38.8 Å². The standard InChI is InChI=1S/C27H37N3O3/c1-6-33-25-13-8-7-11-23(25)29-14-15-30(19(2)18-29)27(3,4)26(32)28(5)21-16-20-10-9-12-24(31)22(20)17-21/h7-13,19,21,31H,6,14-18H2,1-5H3. The Morgan fingerprint density at radius 1 is 1.15 bits per heavy atom. The number of fused-ring (bicyclic) bond motifs is 1. The second kappa shape index (κ2) is 9.26. The summed E-state index contributed by atoms with van der Waals surface area (Å²) in [6, 6.07) is 14.2. The van der Waals surface area contributed by atoms with Crippen LogP contribution in [-0.4, -0.2) is 71.7 Å². The van der Waals surface area contributed by atoms with E-state index < -0.39 is 5.54 Å². The van der Waals surface area contributed by atoms with E-state index in [1.807, 2.05) is 50.9 Å². The molecule has 2 unspecified atom stereocenters. The number of hydrogen-bond donors (Lipinski definition) is 1. The van der Waals surface area contributed by atoms with Crippen molar-refractivity contribution < 1.29 is 14.6 Å². The van der Waals surface area contributed by atoms with Crippen LogP contribution in [0.2, 0.25) is 0 Å². The van der Waals surface area contributed by atoms with Crippen molar-refractivity contribution in [1.29, 1.82) is 0 Å². The lowest BCUT2D eigenvalue weighted by Gasteiger charge is -2.49. The van der Waals surface area contributed by atoms with E-state index in [-0.39, 0.29) is 18.0 Å². The molecule has 6 heteroatoms. The van der Waals surface area contributed by atoms with E-state index in [1.54, 1.807) is 6.07 Å². The molecule has 1 heterocycles. The van der Waals surface area contributed by atoms with E-state index in [4.69, 9.17) is 4.74 Å². The van der Waals surface area contributed by atoms with Gasteiger partial charge >= 0.3 is 0 Å². The molecule has 2 aromatic rings. The zero-order valence-corrected chi connectivity index (χ0v) is 20.5. The number of hydrogen-bond acceptors (Lipinski definition) is 5. The number of piperazine rings is 1. The number of amides is 1. The van der Waals surface area contributed by atoms with Crippen LogP contribution < -0.4 is 9.64 Å². The maximum absolute atomic E-state index is 13.7. The van der Waals surface area contributed by atoms with Crippen molar-refractivity contribution in [3.8, 4) is 11.5 Å². The van der Waals surface area contributed by atoms with E-state index >= 15 is 0 Å². The Morgan fingerprint density at radius 2 is 1.91 bits per heavy atom. The molecule has 1 fully saturated rings. The molecule has 178 valence electrons. The van der Waals surface area contributed by atoms with E-state index in [0.29, 0.717) is 18.8 Å². The Balaban J connectivity index is 1.45. The Labute approximate surface area is 197 Å². The van der Waals surface area contributed by atoms with Crippen molar-refractivity contribution in [3.05, 3.63) is 53.6 Å². The van der Waals surface area contributed by atoms with Crippen LogP contribution in [0.3, 0.4) is 0 Å². The van der Waals surface area contributed by atoms with E-state index in [1.165, 1.54) is 0 Å². The van der Waals surface area contributed by atoms with Gasteiger partial charge in [-0.05, 0) is 69.9 Å². The molecule has 1 amide bonds. The first kappa shape index (κ1) is 23.4. The lowest BCUT2D eigenvalue weighted by molar-refractivity contribution is -0.145. The number of rotatable bonds is 6. The van der Waals surface area contributed by atoms with Crippen molar-refractivity contribution in [1.82, 2.24) is 9.80 Å². The molecule has 0 aromatic heterocycles. The SMILES string of the molecule is CCOc1ccccc1N1CCN(C(C)(C)C(=O)N(C)C2Cc3cccc(O)c3C2)C(C)C1. The van der Waals surface area contributed by atoms with Crippen LogP contribution in [0.25, 0.3) is 0 Å². The molecule has 0 radical (unpaired) electrons. The Morgan fingerprint density at radius 3 is 2.61 bits per heavy atom. The fourth-order valence-corrected chi connectivity index (χ4v) is 5.61. The van der Waals surface area contributed by atoms with Crippen molar-refractivity contribution in [2.75, 3.05) is 38.2 Å². The van der Waals surface area contributed by atoms with Gasteiger partial charge in [-0.3, -0.25) is 9.69 Å². The number of phenols is 1. The zero-order valence-electron chi connectivity index (χ0n) is 20.5. The third-order valence-corrected chi connectivity index (χ3v) is 7.39. The zero-order chi connectivity index (χ0) is 23.8. The van der Waals surface area contributed by atoms with Gasteiger partial charge in [-0.1, -0.05) is 24.3 Å². The Kier molecular flexibility index (Phi) is 6.57. The first-order chi connectivity index (χ1) is 15.7. The Bertz CT molecular complexity index is 1010. The maximum Gasteiger partial charge on any atom is 0.242 e. The molecule has 0 bridgehead atoms. The highest BCUT2D eigenvalue weighted by molar-refractivity contribution is 5.86. The Hall–Kier alpha value is -2.73. The van der Waals surface area contributed by atoms with E-state index in [9.17, 15) is 9.90 Å². The molecular weight excluding hydrogens is 414 g/mol. The van der Waals surface area contributed by atoms with Gasteiger partial charge in [0.25, 0.3) is 0 Å². The molecule has 33 heavy (non-hydrogen) atoms. The molecule has 1 aliphatic carbocycles. The average molecular weight is 452 g/mol. The predicted molar refractivity (Wildman–Crippen MR) is 132 cm³/mol. The third-order valence-electron chi connectivity index (χ3n) is 7.39. The fraction of sp³-hybridized carbons (Fsp3) is 0.519. The van der Waals surface area contributed by atoms with Gasteiger partial charge in [-0.15, -0.1) is 0 Å². The number of phenolic OH excluding ortho intramolecular Hbond substituents is 1. The van der Waals surface area contributed by atoms with Crippen LogP contribution in [0, 0.1) is 0 Å². The summed E-state index contributed by atoms with van der Waals surface area (Å²) in [5.74, 6) is 1.39. The van der Waals surface area contributed by atoms with Gasteiger partial charge in [0.05, 0.1) is 17.8 Å². The van der Waals surface area contributed by atoms with Gasteiger partial charge in [-0.25, -0.2) is 0 Å². The summed E-state index contributed by atoms with van der Waals surface area (Å²) in [5.41, 5.74) is 2.63. The molecule has 1 N–H and O–H groups in total. The minimum absolute atomic E-state index is 0.0785. The molecule has 0 saturated carbocycles. The topological polar surface area (TPSA) is 56.2 Å². The lowest BCUT2D eigenvalue weighted by Crippen LogP contribution is -2.65. The molecule has 2 aromatic carbocycles. The number of likely N-dealkylation sites (N-methyl/N-ethyl adjacent to an activating group) is 1. The van der Waals surface area contributed by atoms with Crippen LogP contribution in [0.4, 0.5) is 5.69 Å². The second-order valence-electron chi connectivity index (χ2n) is 9.84. The molecule has 6 nitrogen and oxygen atoms in total. The van der Waals surface area contributed by atoms with Crippen LogP contribution in [0.1, 0.15) is 38.8 Å². The summed E-state index contributed by atoms with van der Waals surface area (Å²) >= 11 is 0. The first-order valence-electron chi connectivity index (χ1n) is 12.0. The largest absolute Gasteiger partial charge is 0.508 e. The molecule has 2 aliphatic rings. The minimum atomic E-state index is -0.615. The highest BCUT2D eigenvalue weighted by atomic mass is 16.5. The van der Waals surface area contributed by atoms with Crippen LogP contribution >= 0.6 is 0 Å². The summed E-state index contributed by atoms with van der Waals surface area (Å²) in [7, 11) is 1.91. The van der Waals surface area contributed by atoms with Crippen LogP contribution in [-0.2, 0) is 17.6 Å². The summed E-state index contributed by atoms with van der Waals surface area (Å²) in [6.07, 6.45) is 1.50. The quantitative estimate of drug-likeness (QED) is 0.726. The number of anilines is 1. The normalized spacial score (nSPS) is 21.1. The van der Waals surface area contributed by atoms with Crippen molar-refractivity contribution >= 4 is 11.6 Å².